The fraction of sp³-hybridized carbons (Fsp3) is 0.500. The predicted molar refractivity (Wildman–Crippen MR) is 84.2 cm³/mol. The van der Waals surface area contributed by atoms with Gasteiger partial charge in [0.25, 0.3) is 0 Å². The summed E-state index contributed by atoms with van der Waals surface area (Å²) >= 11 is 0. The lowest BCUT2D eigenvalue weighted by molar-refractivity contribution is -0.118. The molecule has 0 radical (unpaired) electrons. The molecule has 21 heavy (non-hydrogen) atoms. The van der Waals surface area contributed by atoms with Crippen molar-refractivity contribution in [3.05, 3.63) is 24.3 Å². The van der Waals surface area contributed by atoms with Crippen LogP contribution in [0.1, 0.15) is 39.0 Å². The molecule has 1 saturated heterocycles. The first-order valence-electron chi connectivity index (χ1n) is 7.58. The van der Waals surface area contributed by atoms with Crippen molar-refractivity contribution in [2.75, 3.05) is 16.8 Å². The summed E-state index contributed by atoms with van der Waals surface area (Å²) in [5.41, 5.74) is 7.37. The quantitative estimate of drug-likeness (QED) is 0.843. The zero-order valence-corrected chi connectivity index (χ0v) is 12.5. The second-order valence-electron chi connectivity index (χ2n) is 5.44. The fourth-order valence-corrected chi connectivity index (χ4v) is 2.46. The molecular weight excluding hydrogens is 266 g/mol. The Morgan fingerprint density at radius 2 is 2.29 bits per heavy atom. The van der Waals surface area contributed by atoms with Crippen LogP contribution >= 0.6 is 0 Å². The van der Waals surface area contributed by atoms with E-state index >= 15 is 0 Å². The van der Waals surface area contributed by atoms with E-state index < -0.39 is 6.04 Å². The fourth-order valence-electron chi connectivity index (χ4n) is 2.46. The maximum atomic E-state index is 12.0. The van der Waals surface area contributed by atoms with Crippen molar-refractivity contribution in [2.24, 2.45) is 5.73 Å². The molecule has 1 aromatic carbocycles. The lowest BCUT2D eigenvalue weighted by Gasteiger charge is -2.17. The van der Waals surface area contributed by atoms with Crippen LogP contribution in [0.5, 0.6) is 0 Å². The Labute approximate surface area is 125 Å². The van der Waals surface area contributed by atoms with E-state index in [9.17, 15) is 9.59 Å². The highest BCUT2D eigenvalue weighted by Gasteiger charge is 2.22. The molecule has 1 aliphatic rings. The molecule has 0 spiro atoms. The van der Waals surface area contributed by atoms with Crippen molar-refractivity contribution < 1.29 is 9.59 Å². The highest BCUT2D eigenvalue weighted by molar-refractivity contribution is 5.98. The Hall–Kier alpha value is -1.88. The van der Waals surface area contributed by atoms with Crippen molar-refractivity contribution in [1.82, 2.24) is 0 Å². The molecule has 2 amide bonds. The van der Waals surface area contributed by atoms with Crippen molar-refractivity contribution in [1.29, 1.82) is 0 Å². The van der Waals surface area contributed by atoms with Gasteiger partial charge < -0.3 is 16.0 Å². The number of benzene rings is 1. The van der Waals surface area contributed by atoms with Gasteiger partial charge in [-0.15, -0.1) is 0 Å². The Morgan fingerprint density at radius 1 is 1.48 bits per heavy atom. The van der Waals surface area contributed by atoms with Gasteiger partial charge in [0.2, 0.25) is 11.8 Å². The van der Waals surface area contributed by atoms with Crippen LogP contribution in [0.25, 0.3) is 0 Å². The van der Waals surface area contributed by atoms with Gasteiger partial charge in [-0.3, -0.25) is 9.59 Å². The molecule has 0 bridgehead atoms. The summed E-state index contributed by atoms with van der Waals surface area (Å²) in [7, 11) is 0. The first-order chi connectivity index (χ1) is 10.1. The molecule has 1 aliphatic heterocycles. The standard InChI is InChI=1S/C16H23N3O2/c1-2-3-8-14(17)16(21)18-12-6-4-7-13(11-12)19-10-5-9-15(19)20/h4,6-7,11,14H,2-3,5,8-10,17H2,1H3,(H,18,21). The molecule has 1 unspecified atom stereocenters. The first-order valence-corrected chi connectivity index (χ1v) is 7.58. The molecule has 2 rings (SSSR count). The normalized spacial score (nSPS) is 16.1. The number of anilines is 2. The number of nitrogens with two attached hydrogens (primary N) is 1. The van der Waals surface area contributed by atoms with Crippen LogP contribution in [0.3, 0.4) is 0 Å². The lowest BCUT2D eigenvalue weighted by atomic mass is 10.1. The molecule has 5 heteroatoms. The second kappa shape index (κ2) is 7.22. The summed E-state index contributed by atoms with van der Waals surface area (Å²) < 4.78 is 0. The molecule has 1 fully saturated rings. The van der Waals surface area contributed by atoms with E-state index in [1.165, 1.54) is 0 Å². The third kappa shape index (κ3) is 4.04. The van der Waals surface area contributed by atoms with Gasteiger partial charge >= 0.3 is 0 Å². The van der Waals surface area contributed by atoms with Gasteiger partial charge in [-0.05, 0) is 31.0 Å². The monoisotopic (exact) mass is 289 g/mol. The number of amides is 2. The summed E-state index contributed by atoms with van der Waals surface area (Å²) in [6, 6.07) is 6.88. The van der Waals surface area contributed by atoms with Gasteiger partial charge in [0.15, 0.2) is 0 Å². The Kier molecular flexibility index (Phi) is 5.33. The second-order valence-corrected chi connectivity index (χ2v) is 5.44. The maximum Gasteiger partial charge on any atom is 0.241 e. The van der Waals surface area contributed by atoms with Crippen LogP contribution in [-0.2, 0) is 9.59 Å². The van der Waals surface area contributed by atoms with E-state index in [4.69, 9.17) is 5.73 Å². The Bertz CT molecular complexity index is 516. The number of nitrogens with one attached hydrogen (secondary N) is 1. The summed E-state index contributed by atoms with van der Waals surface area (Å²) in [6.07, 6.45) is 4.13. The smallest absolute Gasteiger partial charge is 0.241 e. The third-order valence-corrected chi connectivity index (χ3v) is 3.70. The molecule has 3 N–H and O–H groups in total. The molecule has 1 aromatic rings. The van der Waals surface area contributed by atoms with Crippen LogP contribution in [0.4, 0.5) is 11.4 Å². The molecule has 1 heterocycles. The van der Waals surface area contributed by atoms with Gasteiger partial charge in [0.1, 0.15) is 0 Å². The van der Waals surface area contributed by atoms with Gasteiger partial charge in [-0.2, -0.15) is 0 Å². The van der Waals surface area contributed by atoms with Crippen molar-refractivity contribution in [3.63, 3.8) is 0 Å². The molecular formula is C16H23N3O2. The minimum Gasteiger partial charge on any atom is -0.325 e. The highest BCUT2D eigenvalue weighted by atomic mass is 16.2. The van der Waals surface area contributed by atoms with Crippen molar-refractivity contribution in [2.45, 2.75) is 45.1 Å². The number of carbonyl (C=O) groups is 2. The SMILES string of the molecule is CCCCC(N)C(=O)Nc1cccc(N2CCCC2=O)c1. The number of hydrogen-bond acceptors (Lipinski definition) is 3. The summed E-state index contributed by atoms with van der Waals surface area (Å²) in [6.45, 7) is 2.81. The van der Waals surface area contributed by atoms with Crippen molar-refractivity contribution in [3.8, 4) is 0 Å². The average molecular weight is 289 g/mol. The Morgan fingerprint density at radius 3 is 2.95 bits per heavy atom. The van der Waals surface area contributed by atoms with Crippen LogP contribution in [0.2, 0.25) is 0 Å². The number of unbranched alkanes of at least 4 members (excludes halogenated alkanes) is 1. The molecule has 1 atom stereocenters. The van der Waals surface area contributed by atoms with Gasteiger partial charge in [0, 0.05) is 24.3 Å². The zero-order chi connectivity index (χ0) is 15.2. The van der Waals surface area contributed by atoms with Crippen LogP contribution in [0, 0.1) is 0 Å². The topological polar surface area (TPSA) is 75.4 Å². The highest BCUT2D eigenvalue weighted by Crippen LogP contribution is 2.24. The number of hydrogen-bond donors (Lipinski definition) is 2. The third-order valence-electron chi connectivity index (χ3n) is 3.70. The van der Waals surface area contributed by atoms with E-state index in [0.717, 1.165) is 31.5 Å². The minimum atomic E-state index is -0.484. The summed E-state index contributed by atoms with van der Waals surface area (Å²) in [4.78, 5) is 25.5. The lowest BCUT2D eigenvalue weighted by Crippen LogP contribution is -2.35. The van der Waals surface area contributed by atoms with E-state index in [1.54, 1.807) is 4.90 Å². The van der Waals surface area contributed by atoms with Gasteiger partial charge in [-0.25, -0.2) is 0 Å². The minimum absolute atomic E-state index is 0.137. The predicted octanol–water partition coefficient (Wildman–Crippen LogP) is 2.27. The number of nitrogens with zero attached hydrogens (tertiary/aromatic N) is 1. The summed E-state index contributed by atoms with van der Waals surface area (Å²) in [5, 5.41) is 2.83. The first kappa shape index (κ1) is 15.5. The van der Waals surface area contributed by atoms with Crippen LogP contribution in [0.15, 0.2) is 24.3 Å². The zero-order valence-electron chi connectivity index (χ0n) is 12.5. The maximum absolute atomic E-state index is 12.0. The van der Waals surface area contributed by atoms with Gasteiger partial charge in [0.05, 0.1) is 6.04 Å². The molecule has 114 valence electrons. The van der Waals surface area contributed by atoms with Crippen molar-refractivity contribution >= 4 is 23.2 Å². The average Bonchev–Trinajstić information content (AvgIpc) is 2.91. The molecule has 0 aliphatic carbocycles. The number of carbonyl (C=O) groups excluding carboxylic acids is 2. The largest absolute Gasteiger partial charge is 0.325 e. The molecule has 0 aromatic heterocycles. The van der Waals surface area contributed by atoms with Crippen LogP contribution < -0.4 is 16.0 Å². The van der Waals surface area contributed by atoms with E-state index in [-0.39, 0.29) is 11.8 Å². The molecule has 5 nitrogen and oxygen atoms in total. The van der Waals surface area contributed by atoms with E-state index in [0.29, 0.717) is 18.5 Å². The molecule has 0 saturated carbocycles. The van der Waals surface area contributed by atoms with Crippen LogP contribution in [-0.4, -0.2) is 24.4 Å². The van der Waals surface area contributed by atoms with Gasteiger partial charge in [-0.1, -0.05) is 25.8 Å². The van der Waals surface area contributed by atoms with E-state index in [2.05, 4.69) is 12.2 Å². The van der Waals surface area contributed by atoms with E-state index in [1.807, 2.05) is 24.3 Å². The Balaban J connectivity index is 2.01. The summed E-state index contributed by atoms with van der Waals surface area (Å²) in [5.74, 6) is -0.0357. The number of rotatable bonds is 6.